The summed E-state index contributed by atoms with van der Waals surface area (Å²) >= 11 is 8.62. The molecule has 112 valence electrons. The number of hydrogen-bond acceptors (Lipinski definition) is 4. The molecule has 0 saturated heterocycles. The van der Waals surface area contributed by atoms with Crippen LogP contribution in [0.3, 0.4) is 0 Å². The predicted molar refractivity (Wildman–Crippen MR) is 87.0 cm³/mol. The number of ether oxygens (including phenoxy) is 2. The molecule has 1 atom stereocenters. The van der Waals surface area contributed by atoms with Gasteiger partial charge in [-0.05, 0) is 37.3 Å². The molecule has 0 amide bonds. The zero-order chi connectivity index (χ0) is 15.6. The van der Waals surface area contributed by atoms with Crippen molar-refractivity contribution >= 4 is 39.2 Å². The number of benzene rings is 1. The summed E-state index contributed by atoms with van der Waals surface area (Å²) in [7, 11) is 2.94. The van der Waals surface area contributed by atoms with Gasteiger partial charge < -0.3 is 20.1 Å². The van der Waals surface area contributed by atoms with Crippen molar-refractivity contribution in [3.63, 3.8) is 0 Å². The van der Waals surface area contributed by atoms with Crippen LogP contribution in [-0.2, 0) is 9.53 Å². The average molecular weight is 371 g/mol. The average Bonchev–Trinajstić information content (AvgIpc) is 2.45. The number of carbonyl (C=O) groups excluding carboxylic acids is 1. The minimum Gasteiger partial charge on any atom is -0.496 e. The maximum Gasteiger partial charge on any atom is 0.337 e. The first-order valence-electron chi connectivity index (χ1n) is 6.18. The number of rotatable bonds is 3. The van der Waals surface area contributed by atoms with E-state index in [-0.39, 0.29) is 0 Å². The second-order valence-electron chi connectivity index (χ2n) is 4.45. The van der Waals surface area contributed by atoms with Crippen LogP contribution >= 0.6 is 28.1 Å². The zero-order valence-electron chi connectivity index (χ0n) is 11.8. The van der Waals surface area contributed by atoms with Crippen molar-refractivity contribution in [2.24, 2.45) is 0 Å². The maximum absolute atomic E-state index is 12.1. The maximum atomic E-state index is 12.1. The van der Waals surface area contributed by atoms with Crippen LogP contribution in [-0.4, -0.2) is 25.3 Å². The van der Waals surface area contributed by atoms with Gasteiger partial charge in [-0.15, -0.1) is 0 Å². The Balaban J connectivity index is 2.59. The Hall–Kier alpha value is -1.60. The number of allylic oxidation sites excluding steroid dienone is 1. The van der Waals surface area contributed by atoms with E-state index in [1.54, 1.807) is 14.0 Å². The highest BCUT2D eigenvalue weighted by molar-refractivity contribution is 9.10. The summed E-state index contributed by atoms with van der Waals surface area (Å²) in [6.07, 6.45) is 0. The fraction of sp³-hybridized carbons (Fsp3) is 0.286. The van der Waals surface area contributed by atoms with Gasteiger partial charge in [-0.1, -0.05) is 15.9 Å². The summed E-state index contributed by atoms with van der Waals surface area (Å²) in [5, 5.41) is 6.49. The lowest BCUT2D eigenvalue weighted by Gasteiger charge is -2.30. The molecule has 0 aromatic heterocycles. The van der Waals surface area contributed by atoms with E-state index in [0.29, 0.717) is 22.1 Å². The van der Waals surface area contributed by atoms with E-state index in [1.165, 1.54) is 7.11 Å². The summed E-state index contributed by atoms with van der Waals surface area (Å²) in [6.45, 7) is 1.79. The minimum atomic E-state index is -0.432. The number of carbonyl (C=O) groups is 1. The highest BCUT2D eigenvalue weighted by Gasteiger charge is 2.32. The Morgan fingerprint density at radius 2 is 2.10 bits per heavy atom. The van der Waals surface area contributed by atoms with Crippen LogP contribution in [0.5, 0.6) is 5.75 Å². The Morgan fingerprint density at radius 3 is 2.71 bits per heavy atom. The van der Waals surface area contributed by atoms with Crippen LogP contribution < -0.4 is 15.4 Å². The molecule has 21 heavy (non-hydrogen) atoms. The molecule has 2 N–H and O–H groups in total. The lowest BCUT2D eigenvalue weighted by molar-refractivity contribution is -0.136. The molecule has 0 saturated carbocycles. The number of esters is 1. The van der Waals surface area contributed by atoms with Gasteiger partial charge in [-0.25, -0.2) is 4.79 Å². The van der Waals surface area contributed by atoms with Crippen LogP contribution in [0, 0.1) is 0 Å². The van der Waals surface area contributed by atoms with Crippen molar-refractivity contribution in [1.82, 2.24) is 10.6 Å². The van der Waals surface area contributed by atoms with Crippen molar-refractivity contribution in [2.45, 2.75) is 13.0 Å². The molecule has 1 aliphatic rings. The first-order valence-corrected chi connectivity index (χ1v) is 7.38. The van der Waals surface area contributed by atoms with Crippen molar-refractivity contribution < 1.29 is 14.3 Å². The molecule has 0 aliphatic carbocycles. The molecule has 0 radical (unpaired) electrons. The van der Waals surface area contributed by atoms with E-state index in [0.717, 1.165) is 10.0 Å². The third-order valence-electron chi connectivity index (χ3n) is 3.18. The van der Waals surface area contributed by atoms with Crippen molar-refractivity contribution in [3.8, 4) is 5.75 Å². The van der Waals surface area contributed by atoms with Crippen molar-refractivity contribution in [2.75, 3.05) is 14.2 Å². The van der Waals surface area contributed by atoms with Crippen molar-refractivity contribution in [1.29, 1.82) is 0 Å². The predicted octanol–water partition coefficient (Wildman–Crippen LogP) is 2.42. The van der Waals surface area contributed by atoms with E-state index < -0.39 is 12.0 Å². The summed E-state index contributed by atoms with van der Waals surface area (Å²) in [4.78, 5) is 12.1. The summed E-state index contributed by atoms with van der Waals surface area (Å²) < 4.78 is 11.1. The van der Waals surface area contributed by atoms with Crippen LogP contribution in [0.25, 0.3) is 0 Å². The Morgan fingerprint density at radius 1 is 1.38 bits per heavy atom. The van der Waals surface area contributed by atoms with Crippen LogP contribution in [0.4, 0.5) is 0 Å². The van der Waals surface area contributed by atoms with Gasteiger partial charge in [0.1, 0.15) is 5.75 Å². The number of halogens is 1. The molecule has 2 rings (SSSR count). The normalized spacial score (nSPS) is 17.9. The lowest BCUT2D eigenvalue weighted by atomic mass is 9.95. The van der Waals surface area contributed by atoms with Crippen LogP contribution in [0.15, 0.2) is 33.9 Å². The lowest BCUT2D eigenvalue weighted by Crippen LogP contribution is -2.45. The third-order valence-corrected chi connectivity index (χ3v) is 3.89. The van der Waals surface area contributed by atoms with Gasteiger partial charge in [-0.3, -0.25) is 0 Å². The zero-order valence-corrected chi connectivity index (χ0v) is 14.2. The second-order valence-corrected chi connectivity index (χ2v) is 5.77. The molecule has 0 unspecified atom stereocenters. The fourth-order valence-corrected chi connectivity index (χ4v) is 2.89. The summed E-state index contributed by atoms with van der Waals surface area (Å²) in [6, 6.07) is 5.16. The van der Waals surface area contributed by atoms with E-state index in [9.17, 15) is 4.79 Å². The van der Waals surface area contributed by atoms with Gasteiger partial charge >= 0.3 is 5.97 Å². The molecule has 0 fully saturated rings. The molecular weight excluding hydrogens is 356 g/mol. The van der Waals surface area contributed by atoms with Gasteiger partial charge in [0, 0.05) is 15.7 Å². The molecule has 1 aromatic carbocycles. The highest BCUT2D eigenvalue weighted by atomic mass is 79.9. The largest absolute Gasteiger partial charge is 0.496 e. The van der Waals surface area contributed by atoms with E-state index in [1.807, 2.05) is 18.2 Å². The summed E-state index contributed by atoms with van der Waals surface area (Å²) in [5.41, 5.74) is 1.94. The molecule has 0 spiro atoms. The van der Waals surface area contributed by atoms with Gasteiger partial charge in [-0.2, -0.15) is 0 Å². The van der Waals surface area contributed by atoms with E-state index in [4.69, 9.17) is 21.7 Å². The van der Waals surface area contributed by atoms with Gasteiger partial charge in [0.05, 0.1) is 25.8 Å². The number of methoxy groups -OCH3 is 2. The topological polar surface area (TPSA) is 59.6 Å². The van der Waals surface area contributed by atoms with E-state index in [2.05, 4.69) is 26.6 Å². The third kappa shape index (κ3) is 3.19. The Labute approximate surface area is 136 Å². The molecular formula is C14H15BrN2O3S. The fourth-order valence-electron chi connectivity index (χ4n) is 2.24. The van der Waals surface area contributed by atoms with E-state index >= 15 is 0 Å². The number of thiocarbonyl (C=S) groups is 1. The summed E-state index contributed by atoms with van der Waals surface area (Å²) in [5.74, 6) is 0.247. The molecule has 7 heteroatoms. The Kier molecular flexibility index (Phi) is 4.84. The Bertz CT molecular complexity index is 631. The molecule has 1 aliphatic heterocycles. The minimum absolute atomic E-state index is 0.415. The van der Waals surface area contributed by atoms with Crippen LogP contribution in [0.1, 0.15) is 18.5 Å². The standard InChI is InChI=1S/C14H15BrN2O3S/c1-7-11(13(18)20-3)12(17-14(21)16-7)9-6-8(15)4-5-10(9)19-2/h4-6,12H,1-3H3,(H2,16,17,21)/t12-/m1/s1. The van der Waals surface area contributed by atoms with Gasteiger partial charge in [0.15, 0.2) is 5.11 Å². The monoisotopic (exact) mass is 370 g/mol. The van der Waals surface area contributed by atoms with Crippen molar-refractivity contribution in [3.05, 3.63) is 39.5 Å². The second kappa shape index (κ2) is 6.44. The first-order chi connectivity index (χ1) is 9.97. The SMILES string of the molecule is COC(=O)C1=C(C)NC(=S)N[C@@H]1c1cc(Br)ccc1OC. The quantitative estimate of drug-likeness (QED) is 0.629. The van der Waals surface area contributed by atoms with Crippen LogP contribution in [0.2, 0.25) is 0 Å². The molecule has 0 bridgehead atoms. The highest BCUT2D eigenvalue weighted by Crippen LogP contribution is 2.35. The number of hydrogen-bond donors (Lipinski definition) is 2. The van der Waals surface area contributed by atoms with Gasteiger partial charge in [0.2, 0.25) is 0 Å². The smallest absolute Gasteiger partial charge is 0.337 e. The van der Waals surface area contributed by atoms with Gasteiger partial charge in [0.25, 0.3) is 0 Å². The molecule has 1 aromatic rings. The molecule has 5 nitrogen and oxygen atoms in total. The molecule has 1 heterocycles. The first kappa shape index (κ1) is 15.8. The number of nitrogens with one attached hydrogen (secondary N) is 2.